The van der Waals surface area contributed by atoms with Crippen molar-refractivity contribution in [3.63, 3.8) is 0 Å². The lowest BCUT2D eigenvalue weighted by Gasteiger charge is -2.36. The average molecular weight is 412 g/mol. The SMILES string of the molecule is CN(c1c(F)c(F)c(F)c(F)c1[B]c1c(F)c(F)c(F)c(F)c1F)C(C)(C)C. The zero-order valence-electron chi connectivity index (χ0n) is 14.9. The van der Waals surface area contributed by atoms with Crippen LogP contribution in [-0.4, -0.2) is 19.9 Å². The highest BCUT2D eigenvalue weighted by Crippen LogP contribution is 2.28. The molecule has 0 N–H and O–H groups in total. The molecule has 0 fully saturated rings. The zero-order chi connectivity index (χ0) is 21.7. The Bertz CT molecular complexity index is 924. The van der Waals surface area contributed by atoms with E-state index >= 15 is 0 Å². The zero-order valence-corrected chi connectivity index (χ0v) is 14.9. The smallest absolute Gasteiger partial charge is 0.206 e. The van der Waals surface area contributed by atoms with Gasteiger partial charge in [0.1, 0.15) is 0 Å². The number of rotatable bonds is 3. The van der Waals surface area contributed by atoms with Gasteiger partial charge in [0.25, 0.3) is 0 Å². The van der Waals surface area contributed by atoms with Crippen LogP contribution in [0.15, 0.2) is 0 Å². The van der Waals surface area contributed by atoms with Crippen molar-refractivity contribution in [1.29, 1.82) is 0 Å². The molecule has 0 aliphatic rings. The van der Waals surface area contributed by atoms with Crippen molar-refractivity contribution in [2.24, 2.45) is 0 Å². The van der Waals surface area contributed by atoms with Crippen LogP contribution in [0.1, 0.15) is 20.8 Å². The van der Waals surface area contributed by atoms with Crippen LogP contribution in [0.4, 0.5) is 45.2 Å². The summed E-state index contributed by atoms with van der Waals surface area (Å²) < 4.78 is 124. The van der Waals surface area contributed by atoms with Gasteiger partial charge >= 0.3 is 0 Å². The van der Waals surface area contributed by atoms with Crippen molar-refractivity contribution in [2.75, 3.05) is 11.9 Å². The lowest BCUT2D eigenvalue weighted by atomic mass is 9.62. The first-order valence-corrected chi connectivity index (χ1v) is 7.67. The Morgan fingerprint density at radius 3 is 1.25 bits per heavy atom. The highest BCUT2D eigenvalue weighted by molar-refractivity contribution is 6.69. The van der Waals surface area contributed by atoms with Crippen LogP contribution in [0.3, 0.4) is 0 Å². The summed E-state index contributed by atoms with van der Waals surface area (Å²) >= 11 is 0. The van der Waals surface area contributed by atoms with Gasteiger partial charge in [-0.05, 0) is 31.7 Å². The number of hydrogen-bond donors (Lipinski definition) is 0. The van der Waals surface area contributed by atoms with Gasteiger partial charge in [-0.3, -0.25) is 0 Å². The first-order chi connectivity index (χ1) is 12.7. The van der Waals surface area contributed by atoms with E-state index in [0.717, 1.165) is 11.9 Å². The van der Waals surface area contributed by atoms with Crippen LogP contribution in [-0.2, 0) is 0 Å². The molecule has 2 aromatic rings. The van der Waals surface area contributed by atoms with Gasteiger partial charge in [0.05, 0.1) is 5.69 Å². The average Bonchev–Trinajstić information content (AvgIpc) is 2.62. The van der Waals surface area contributed by atoms with Gasteiger partial charge in [-0.2, -0.15) is 0 Å². The van der Waals surface area contributed by atoms with Crippen LogP contribution in [0.2, 0.25) is 0 Å². The van der Waals surface area contributed by atoms with E-state index in [4.69, 9.17) is 0 Å². The molecule has 0 bridgehead atoms. The predicted octanol–water partition coefficient (Wildman–Crippen LogP) is 3.83. The van der Waals surface area contributed by atoms with Gasteiger partial charge in [-0.1, -0.05) is 0 Å². The molecular weight excluding hydrogens is 400 g/mol. The van der Waals surface area contributed by atoms with Crippen LogP contribution in [0.25, 0.3) is 0 Å². The van der Waals surface area contributed by atoms with Crippen molar-refractivity contribution < 1.29 is 39.5 Å². The van der Waals surface area contributed by atoms with E-state index in [1.54, 1.807) is 0 Å². The fourth-order valence-electron chi connectivity index (χ4n) is 2.33. The standard InChI is InChI=1S/C17H12BF9N/c1-17(2,3)28(4)16-6(9(21)12(24)14(26)15(16)27)18-5-7(19)10(22)13(25)11(23)8(5)20/h1-4H3. The molecule has 0 saturated carbocycles. The van der Waals surface area contributed by atoms with Crippen LogP contribution in [0, 0.1) is 52.4 Å². The van der Waals surface area contributed by atoms with Gasteiger partial charge < -0.3 is 4.90 Å². The van der Waals surface area contributed by atoms with Crippen LogP contribution < -0.4 is 15.8 Å². The molecule has 0 spiro atoms. The van der Waals surface area contributed by atoms with Gasteiger partial charge in [0, 0.05) is 12.6 Å². The summed E-state index contributed by atoms with van der Waals surface area (Å²) in [5.74, 6) is -20.3. The first kappa shape index (κ1) is 22.0. The molecule has 11 heteroatoms. The topological polar surface area (TPSA) is 3.24 Å². The Labute approximate surface area is 155 Å². The molecule has 28 heavy (non-hydrogen) atoms. The largest absolute Gasteiger partial charge is 0.368 e. The number of anilines is 1. The molecule has 1 nitrogen and oxygen atoms in total. The molecule has 0 amide bonds. The normalized spacial score (nSPS) is 11.8. The lowest BCUT2D eigenvalue weighted by molar-refractivity contribution is 0.384. The molecule has 0 aliphatic heterocycles. The number of nitrogens with zero attached hydrogens (tertiary/aromatic N) is 1. The van der Waals surface area contributed by atoms with Crippen molar-refractivity contribution >= 4 is 23.9 Å². The molecular formula is C17H12BF9N. The molecule has 0 aliphatic carbocycles. The number of benzene rings is 2. The Kier molecular flexibility index (Phi) is 5.69. The summed E-state index contributed by atoms with van der Waals surface area (Å²) in [6.07, 6.45) is 0. The lowest BCUT2D eigenvalue weighted by Crippen LogP contribution is -2.46. The highest BCUT2D eigenvalue weighted by Gasteiger charge is 2.34. The third kappa shape index (κ3) is 3.42. The van der Waals surface area contributed by atoms with Gasteiger partial charge in [0.2, 0.25) is 7.28 Å². The van der Waals surface area contributed by atoms with E-state index < -0.39 is 74.5 Å². The van der Waals surface area contributed by atoms with Gasteiger partial charge in [-0.15, -0.1) is 0 Å². The second-order valence-electron chi connectivity index (χ2n) is 6.88. The summed E-state index contributed by atoms with van der Waals surface area (Å²) in [6, 6.07) is 0. The minimum atomic E-state index is -2.46. The summed E-state index contributed by atoms with van der Waals surface area (Å²) in [5.41, 5.74) is -4.86. The third-order valence-corrected chi connectivity index (χ3v) is 4.15. The summed E-state index contributed by atoms with van der Waals surface area (Å²) in [5, 5.41) is 0. The Morgan fingerprint density at radius 2 is 0.857 bits per heavy atom. The highest BCUT2D eigenvalue weighted by atomic mass is 19.2. The van der Waals surface area contributed by atoms with Crippen LogP contribution in [0.5, 0.6) is 0 Å². The quantitative estimate of drug-likeness (QED) is 0.321. The number of hydrogen-bond acceptors (Lipinski definition) is 1. The molecule has 0 saturated heterocycles. The summed E-state index contributed by atoms with van der Waals surface area (Å²) in [7, 11) is 1.18. The van der Waals surface area contributed by atoms with Crippen molar-refractivity contribution in [3.8, 4) is 0 Å². The van der Waals surface area contributed by atoms with E-state index in [9.17, 15) is 39.5 Å². The molecule has 1 radical (unpaired) electrons. The van der Waals surface area contributed by atoms with Crippen molar-refractivity contribution in [1.82, 2.24) is 0 Å². The fraction of sp³-hybridized carbons (Fsp3) is 0.294. The molecule has 151 valence electrons. The van der Waals surface area contributed by atoms with Gasteiger partial charge in [-0.25, -0.2) is 39.5 Å². The number of halogens is 9. The maximum atomic E-state index is 14.4. The summed E-state index contributed by atoms with van der Waals surface area (Å²) in [6.45, 7) is 4.40. The second-order valence-corrected chi connectivity index (χ2v) is 6.88. The molecule has 0 unspecified atom stereocenters. The van der Waals surface area contributed by atoms with Gasteiger partial charge in [0.15, 0.2) is 52.4 Å². The molecule has 0 heterocycles. The van der Waals surface area contributed by atoms with E-state index in [1.807, 2.05) is 0 Å². The molecule has 2 aromatic carbocycles. The maximum absolute atomic E-state index is 14.4. The third-order valence-electron chi connectivity index (χ3n) is 4.15. The van der Waals surface area contributed by atoms with Crippen molar-refractivity contribution in [2.45, 2.75) is 26.3 Å². The molecule has 2 rings (SSSR count). The predicted molar refractivity (Wildman–Crippen MR) is 85.7 cm³/mol. The van der Waals surface area contributed by atoms with Crippen LogP contribution >= 0.6 is 0 Å². The first-order valence-electron chi connectivity index (χ1n) is 7.67. The summed E-state index contributed by atoms with van der Waals surface area (Å²) in [4.78, 5) is 0.922. The minimum absolute atomic E-state index is 0.0365. The van der Waals surface area contributed by atoms with E-state index in [2.05, 4.69) is 0 Å². The molecule has 0 aromatic heterocycles. The molecule has 0 atom stereocenters. The van der Waals surface area contributed by atoms with E-state index in [1.165, 1.54) is 20.8 Å². The van der Waals surface area contributed by atoms with E-state index in [0.29, 0.717) is 0 Å². The second kappa shape index (κ2) is 7.25. The maximum Gasteiger partial charge on any atom is 0.206 e. The minimum Gasteiger partial charge on any atom is -0.368 e. The monoisotopic (exact) mass is 412 g/mol. The fourth-order valence-corrected chi connectivity index (χ4v) is 2.33. The Morgan fingerprint density at radius 1 is 0.536 bits per heavy atom. The Balaban J connectivity index is 2.85. The van der Waals surface area contributed by atoms with E-state index in [-0.39, 0.29) is 7.28 Å². The Hall–Kier alpha value is -2.33. The van der Waals surface area contributed by atoms with Crippen molar-refractivity contribution in [3.05, 3.63) is 52.4 Å².